The molecule has 0 atom stereocenters. The first-order chi connectivity index (χ1) is 17.2. The number of carbonyl (C=O) groups is 2. The van der Waals surface area contributed by atoms with Crippen molar-refractivity contribution in [2.24, 2.45) is 23.7 Å². The van der Waals surface area contributed by atoms with Crippen LogP contribution in [0.3, 0.4) is 0 Å². The Morgan fingerprint density at radius 1 is 0.778 bits per heavy atom. The van der Waals surface area contributed by atoms with Crippen molar-refractivity contribution in [1.82, 2.24) is 0 Å². The molecule has 3 nitrogen and oxygen atoms in total. The Balaban J connectivity index is 1.22. The van der Waals surface area contributed by atoms with Gasteiger partial charge in [-0.25, -0.2) is 0 Å². The van der Waals surface area contributed by atoms with Gasteiger partial charge in [-0.3, -0.25) is 9.59 Å². The Kier molecular flexibility index (Phi) is 8.49. The predicted molar refractivity (Wildman–Crippen MR) is 149 cm³/mol. The van der Waals surface area contributed by atoms with Gasteiger partial charge in [-0.1, -0.05) is 30.3 Å². The summed E-state index contributed by atoms with van der Waals surface area (Å²) in [5, 5.41) is 0. The average molecular weight is 486 g/mol. The molecule has 0 radical (unpaired) electrons. The van der Waals surface area contributed by atoms with Gasteiger partial charge in [0.15, 0.2) is 11.6 Å². The largest absolute Gasteiger partial charge is 0.398 e. The molecule has 2 aromatic rings. The highest BCUT2D eigenvalue weighted by atomic mass is 16.1. The van der Waals surface area contributed by atoms with E-state index in [2.05, 4.69) is 39.0 Å². The van der Waals surface area contributed by atoms with E-state index >= 15 is 0 Å². The summed E-state index contributed by atoms with van der Waals surface area (Å²) in [6.07, 6.45) is 13.3. The average Bonchev–Trinajstić information content (AvgIpc) is 2.88. The molecular formula is C33H43NO2. The highest BCUT2D eigenvalue weighted by molar-refractivity contribution is 5.98. The molecule has 2 N–H and O–H groups in total. The van der Waals surface area contributed by atoms with E-state index in [1.807, 2.05) is 31.2 Å². The molecule has 0 saturated heterocycles. The minimum absolute atomic E-state index is 0.132. The van der Waals surface area contributed by atoms with Gasteiger partial charge in [0.25, 0.3) is 0 Å². The van der Waals surface area contributed by atoms with Crippen LogP contribution < -0.4 is 5.73 Å². The van der Waals surface area contributed by atoms with Crippen LogP contribution in [0.5, 0.6) is 0 Å². The minimum Gasteiger partial charge on any atom is -0.398 e. The van der Waals surface area contributed by atoms with Crippen molar-refractivity contribution in [2.45, 2.75) is 85.5 Å². The zero-order valence-corrected chi connectivity index (χ0v) is 22.6. The molecule has 2 saturated carbocycles. The highest BCUT2D eigenvalue weighted by Crippen LogP contribution is 2.42. The molecule has 0 bridgehead atoms. The van der Waals surface area contributed by atoms with Crippen molar-refractivity contribution in [3.05, 3.63) is 75.9 Å². The minimum atomic E-state index is 0.132. The number of carbonyl (C=O) groups excluding carboxylic acids is 2. The lowest BCUT2D eigenvalue weighted by molar-refractivity contribution is -0.119. The SMILES string of the molecule is Cc1ccc(C(=O)C2CCC(C3CCC(C(=O)C=CCc4cc(C)c(C)c(C)c4)CC3)CC2)cc1N. The van der Waals surface area contributed by atoms with Crippen LogP contribution in [0.1, 0.15) is 89.5 Å². The molecule has 3 heteroatoms. The summed E-state index contributed by atoms with van der Waals surface area (Å²) in [6, 6.07) is 10.2. The summed E-state index contributed by atoms with van der Waals surface area (Å²) in [6.45, 7) is 8.45. The number of aryl methyl sites for hydroxylation is 3. The van der Waals surface area contributed by atoms with E-state index in [-0.39, 0.29) is 17.6 Å². The summed E-state index contributed by atoms with van der Waals surface area (Å²) in [4.78, 5) is 25.8. The van der Waals surface area contributed by atoms with Crippen LogP contribution in [0.4, 0.5) is 5.69 Å². The third-order valence-corrected chi connectivity index (χ3v) is 9.17. The van der Waals surface area contributed by atoms with Gasteiger partial charge in [0.05, 0.1) is 0 Å². The molecule has 0 amide bonds. The lowest BCUT2D eigenvalue weighted by Gasteiger charge is -2.37. The number of hydrogen-bond donors (Lipinski definition) is 1. The molecule has 0 aliphatic heterocycles. The van der Waals surface area contributed by atoms with Gasteiger partial charge >= 0.3 is 0 Å². The van der Waals surface area contributed by atoms with Crippen LogP contribution in [0, 0.1) is 51.4 Å². The molecule has 36 heavy (non-hydrogen) atoms. The molecule has 4 rings (SSSR count). The lowest BCUT2D eigenvalue weighted by atomic mass is 9.68. The normalized spacial score (nSPS) is 24.7. The van der Waals surface area contributed by atoms with Crippen molar-refractivity contribution in [3.8, 4) is 0 Å². The van der Waals surface area contributed by atoms with Gasteiger partial charge in [-0.05, 0) is 137 Å². The maximum atomic E-state index is 13.0. The van der Waals surface area contributed by atoms with Gasteiger partial charge < -0.3 is 5.73 Å². The van der Waals surface area contributed by atoms with Gasteiger partial charge in [-0.15, -0.1) is 0 Å². The van der Waals surface area contributed by atoms with Crippen LogP contribution in [0.25, 0.3) is 0 Å². The Labute approximate surface area is 217 Å². The fourth-order valence-corrected chi connectivity index (χ4v) is 6.45. The number of Topliss-reactive ketones (excluding diaryl/α,β-unsaturated/α-hetero) is 1. The van der Waals surface area contributed by atoms with Crippen LogP contribution in [-0.4, -0.2) is 11.6 Å². The second-order valence-corrected chi connectivity index (χ2v) is 11.5. The van der Waals surface area contributed by atoms with Crippen LogP contribution >= 0.6 is 0 Å². The number of anilines is 1. The van der Waals surface area contributed by atoms with E-state index in [1.54, 1.807) is 0 Å². The Hall–Kier alpha value is -2.68. The molecule has 2 aliphatic rings. The van der Waals surface area contributed by atoms with E-state index in [9.17, 15) is 9.59 Å². The van der Waals surface area contributed by atoms with E-state index in [0.29, 0.717) is 23.3 Å². The smallest absolute Gasteiger partial charge is 0.166 e. The number of nitrogens with two attached hydrogens (primary N) is 1. The quantitative estimate of drug-likeness (QED) is 0.249. The third-order valence-electron chi connectivity index (χ3n) is 9.17. The molecule has 0 heterocycles. The number of rotatable bonds is 7. The van der Waals surface area contributed by atoms with Gasteiger partial charge in [0.2, 0.25) is 0 Å². The summed E-state index contributed by atoms with van der Waals surface area (Å²) in [5.74, 6) is 2.30. The molecule has 2 aromatic carbocycles. The fourth-order valence-electron chi connectivity index (χ4n) is 6.45. The molecule has 192 valence electrons. The second-order valence-electron chi connectivity index (χ2n) is 11.5. The molecule has 0 unspecified atom stereocenters. The van der Waals surface area contributed by atoms with Crippen molar-refractivity contribution in [3.63, 3.8) is 0 Å². The first-order valence-corrected chi connectivity index (χ1v) is 13.9. The van der Waals surface area contributed by atoms with E-state index in [0.717, 1.165) is 68.9 Å². The van der Waals surface area contributed by atoms with E-state index in [4.69, 9.17) is 5.73 Å². The maximum absolute atomic E-state index is 13.0. The zero-order chi connectivity index (χ0) is 25.8. The van der Waals surface area contributed by atoms with Gasteiger partial charge in [0, 0.05) is 23.1 Å². The van der Waals surface area contributed by atoms with Crippen molar-refractivity contribution < 1.29 is 9.59 Å². The first-order valence-electron chi connectivity index (χ1n) is 13.9. The molecular weight excluding hydrogens is 442 g/mol. The van der Waals surface area contributed by atoms with Crippen LogP contribution in [-0.2, 0) is 11.2 Å². The van der Waals surface area contributed by atoms with Gasteiger partial charge in [-0.2, -0.15) is 0 Å². The van der Waals surface area contributed by atoms with Crippen molar-refractivity contribution >= 4 is 17.3 Å². The monoisotopic (exact) mass is 485 g/mol. The maximum Gasteiger partial charge on any atom is 0.166 e. The highest BCUT2D eigenvalue weighted by Gasteiger charge is 2.34. The Bertz CT molecular complexity index is 1110. The number of allylic oxidation sites excluding steroid dienone is 2. The molecule has 2 fully saturated rings. The Morgan fingerprint density at radius 3 is 1.89 bits per heavy atom. The second kappa shape index (κ2) is 11.6. The number of hydrogen-bond acceptors (Lipinski definition) is 3. The fraction of sp³-hybridized carbons (Fsp3) is 0.515. The van der Waals surface area contributed by atoms with E-state index < -0.39 is 0 Å². The summed E-state index contributed by atoms with van der Waals surface area (Å²) in [7, 11) is 0. The summed E-state index contributed by atoms with van der Waals surface area (Å²) >= 11 is 0. The van der Waals surface area contributed by atoms with Gasteiger partial charge in [0.1, 0.15) is 0 Å². The summed E-state index contributed by atoms with van der Waals surface area (Å²) in [5.41, 5.74) is 13.8. The Morgan fingerprint density at radius 2 is 1.33 bits per heavy atom. The number of benzene rings is 2. The number of nitrogen functional groups attached to an aromatic ring is 1. The summed E-state index contributed by atoms with van der Waals surface area (Å²) < 4.78 is 0. The molecule has 2 aliphatic carbocycles. The third kappa shape index (κ3) is 6.17. The van der Waals surface area contributed by atoms with Crippen LogP contribution in [0.15, 0.2) is 42.5 Å². The van der Waals surface area contributed by atoms with Crippen molar-refractivity contribution in [2.75, 3.05) is 5.73 Å². The van der Waals surface area contributed by atoms with Crippen molar-refractivity contribution in [1.29, 1.82) is 0 Å². The molecule has 0 spiro atoms. The number of ketones is 2. The lowest BCUT2D eigenvalue weighted by Crippen LogP contribution is -2.29. The first kappa shape index (κ1) is 26.4. The molecule has 0 aromatic heterocycles. The predicted octanol–water partition coefficient (Wildman–Crippen LogP) is 7.67. The standard InChI is InChI=1S/C33H43NO2/c1-21-8-9-30(20-31(21)34)33(36)29-16-12-27(13-17-29)26-10-14-28(15-11-26)32(35)7-5-6-25-18-22(2)24(4)23(3)19-25/h5,7-9,18-20,26-29H,6,10-17,34H2,1-4H3. The zero-order valence-electron chi connectivity index (χ0n) is 22.6. The van der Waals surface area contributed by atoms with E-state index in [1.165, 1.54) is 22.3 Å². The van der Waals surface area contributed by atoms with Crippen LogP contribution in [0.2, 0.25) is 0 Å². The topological polar surface area (TPSA) is 60.2 Å².